The molecule has 250 valence electrons. The molecule has 1 aromatic carbocycles. The molecule has 4 rings (SSSR count). The van der Waals surface area contributed by atoms with Crippen molar-refractivity contribution < 1.29 is 54.1 Å². The van der Waals surface area contributed by atoms with Crippen molar-refractivity contribution in [2.75, 3.05) is 6.61 Å². The molecule has 0 saturated carbocycles. The van der Waals surface area contributed by atoms with Crippen LogP contribution < -0.4 is 0 Å². The largest absolute Gasteiger partial charge is 0.507 e. The monoisotopic (exact) mass is 633 g/mol. The maximum atomic E-state index is 13.1. The maximum Gasteiger partial charge on any atom is 0.342 e. The van der Waals surface area contributed by atoms with E-state index in [9.17, 15) is 35.4 Å². The summed E-state index contributed by atoms with van der Waals surface area (Å²) < 4.78 is 22.7. The highest BCUT2D eigenvalue weighted by Gasteiger charge is 2.40. The molecule has 1 fully saturated rings. The summed E-state index contributed by atoms with van der Waals surface area (Å²) in [4.78, 5) is 17.5. The summed E-state index contributed by atoms with van der Waals surface area (Å²) in [7, 11) is 0. The second-order valence-electron chi connectivity index (χ2n) is 12.3. The Morgan fingerprint density at radius 3 is 2.53 bits per heavy atom. The first-order valence-electron chi connectivity index (χ1n) is 15.8. The van der Waals surface area contributed by atoms with E-state index < -0.39 is 55.0 Å². The van der Waals surface area contributed by atoms with Crippen LogP contribution in [0.5, 0.6) is 5.75 Å². The lowest BCUT2D eigenvalue weighted by Crippen LogP contribution is -2.54. The number of aliphatic hydroxyl groups is 5. The normalized spacial score (nSPS) is 27.0. The molecule has 0 bridgehead atoms. The van der Waals surface area contributed by atoms with Crippen molar-refractivity contribution in [2.45, 2.75) is 115 Å². The van der Waals surface area contributed by atoms with Crippen molar-refractivity contribution in [3.63, 3.8) is 0 Å². The molecule has 1 aromatic heterocycles. The number of cyclic esters (lactones) is 1. The van der Waals surface area contributed by atoms with E-state index in [-0.39, 0.29) is 42.6 Å². The van der Waals surface area contributed by atoms with Crippen LogP contribution in [0.25, 0.3) is 6.08 Å². The number of hydrogen-bond acceptors (Lipinski definition) is 12. The van der Waals surface area contributed by atoms with Gasteiger partial charge >= 0.3 is 5.97 Å². The van der Waals surface area contributed by atoms with Crippen molar-refractivity contribution in [1.82, 2.24) is 4.98 Å². The van der Waals surface area contributed by atoms with E-state index in [1.807, 2.05) is 19.1 Å². The van der Waals surface area contributed by atoms with E-state index in [4.69, 9.17) is 18.6 Å². The number of aliphatic hydroxyl groups excluding tert-OH is 5. The minimum Gasteiger partial charge on any atom is -0.507 e. The molecule has 6 N–H and O–H groups in total. The zero-order valence-electron chi connectivity index (χ0n) is 26.3. The second kappa shape index (κ2) is 15.6. The van der Waals surface area contributed by atoms with Crippen LogP contribution in [0, 0.1) is 11.8 Å². The second-order valence-corrected chi connectivity index (χ2v) is 12.3. The Morgan fingerprint density at radius 2 is 1.82 bits per heavy atom. The molecule has 2 aliphatic rings. The van der Waals surface area contributed by atoms with E-state index in [1.165, 1.54) is 6.26 Å². The first kappa shape index (κ1) is 35.0. The van der Waals surface area contributed by atoms with Gasteiger partial charge in [0.05, 0.1) is 31.3 Å². The number of carbonyl (C=O) groups is 1. The highest BCUT2D eigenvalue weighted by atomic mass is 16.7. The fourth-order valence-corrected chi connectivity index (χ4v) is 5.59. The average Bonchev–Trinajstić information content (AvgIpc) is 3.47. The predicted molar refractivity (Wildman–Crippen MR) is 162 cm³/mol. The third-order valence-electron chi connectivity index (χ3n) is 8.86. The molecule has 2 aliphatic heterocycles. The van der Waals surface area contributed by atoms with Gasteiger partial charge < -0.3 is 49.3 Å². The minimum atomic E-state index is -1.53. The third kappa shape index (κ3) is 8.70. The first-order valence-corrected chi connectivity index (χ1v) is 15.8. The Kier molecular flexibility index (Phi) is 12.2. The molecule has 12 heteroatoms. The van der Waals surface area contributed by atoms with Gasteiger partial charge in [0.15, 0.2) is 12.2 Å². The molecule has 3 heterocycles. The van der Waals surface area contributed by atoms with Gasteiger partial charge in [-0.25, -0.2) is 9.78 Å². The Morgan fingerprint density at radius 1 is 1.07 bits per heavy atom. The predicted octanol–water partition coefficient (Wildman–Crippen LogP) is 2.29. The topological polar surface area (TPSA) is 192 Å². The van der Waals surface area contributed by atoms with Gasteiger partial charge in [0, 0.05) is 18.8 Å². The van der Waals surface area contributed by atoms with Crippen molar-refractivity contribution in [1.29, 1.82) is 0 Å². The van der Waals surface area contributed by atoms with Crippen molar-refractivity contribution in [3.8, 4) is 5.75 Å². The molecular formula is C33H47NO11. The molecule has 1 saturated heterocycles. The van der Waals surface area contributed by atoms with Crippen LogP contribution in [0.3, 0.4) is 0 Å². The zero-order chi connectivity index (χ0) is 32.8. The van der Waals surface area contributed by atoms with Crippen LogP contribution in [-0.4, -0.2) is 97.2 Å². The lowest BCUT2D eigenvalue weighted by atomic mass is 9.90. The van der Waals surface area contributed by atoms with E-state index in [0.29, 0.717) is 42.0 Å². The summed E-state index contributed by atoms with van der Waals surface area (Å²) in [5.74, 6) is -0.441. The summed E-state index contributed by atoms with van der Waals surface area (Å²) in [5, 5.41) is 61.9. The highest BCUT2D eigenvalue weighted by molar-refractivity contribution is 5.95. The Hall–Kier alpha value is -2.84. The van der Waals surface area contributed by atoms with E-state index >= 15 is 0 Å². The van der Waals surface area contributed by atoms with Gasteiger partial charge in [0.1, 0.15) is 47.7 Å². The Bertz CT molecular complexity index is 1300. The Labute approximate surface area is 263 Å². The summed E-state index contributed by atoms with van der Waals surface area (Å²) in [6.07, 6.45) is -1.22. The quantitative estimate of drug-likeness (QED) is 0.167. The third-order valence-corrected chi connectivity index (χ3v) is 8.86. The van der Waals surface area contributed by atoms with E-state index in [1.54, 1.807) is 19.1 Å². The van der Waals surface area contributed by atoms with Gasteiger partial charge in [0.25, 0.3) is 0 Å². The summed E-state index contributed by atoms with van der Waals surface area (Å²) in [6, 6.07) is 3.68. The lowest BCUT2D eigenvalue weighted by molar-refractivity contribution is -0.279. The molecule has 0 aliphatic carbocycles. The number of aromatic nitrogens is 1. The van der Waals surface area contributed by atoms with Crippen LogP contribution in [0.4, 0.5) is 0 Å². The molecule has 45 heavy (non-hydrogen) atoms. The van der Waals surface area contributed by atoms with Gasteiger partial charge in [0.2, 0.25) is 0 Å². The fraction of sp³-hybridized carbons (Fsp3) is 0.636. The van der Waals surface area contributed by atoms with Crippen LogP contribution >= 0.6 is 0 Å². The van der Waals surface area contributed by atoms with Gasteiger partial charge in [-0.15, -0.1) is 0 Å². The molecule has 10 unspecified atom stereocenters. The number of fused-ring (bicyclic) bond motifs is 1. The number of esters is 1. The summed E-state index contributed by atoms with van der Waals surface area (Å²) in [5.41, 5.74) is 1.93. The minimum absolute atomic E-state index is 0.0548. The van der Waals surface area contributed by atoms with E-state index in [2.05, 4.69) is 18.8 Å². The van der Waals surface area contributed by atoms with Gasteiger partial charge in [-0.3, -0.25) is 0 Å². The molecule has 0 spiro atoms. The van der Waals surface area contributed by atoms with Crippen molar-refractivity contribution in [2.24, 2.45) is 11.8 Å². The van der Waals surface area contributed by atoms with Crippen LogP contribution in [-0.2, 0) is 33.5 Å². The fourth-order valence-electron chi connectivity index (χ4n) is 5.59. The number of phenolic OH excluding ortho intramolecular Hbond substituents is 1. The summed E-state index contributed by atoms with van der Waals surface area (Å²) >= 11 is 0. The molecule has 2 aromatic rings. The Balaban J connectivity index is 1.50. The van der Waals surface area contributed by atoms with Crippen LogP contribution in [0.2, 0.25) is 0 Å². The van der Waals surface area contributed by atoms with Gasteiger partial charge in [-0.1, -0.05) is 52.3 Å². The van der Waals surface area contributed by atoms with Gasteiger partial charge in [-0.05, 0) is 36.0 Å². The standard InChI is InChI=1S/C33H47NO11/c1-5-17(3)11-20-8-7-19-12-23(44-32(41)28(19)29(20)38)13-22(45-33-31(40)30(39)26(37)16-43-33)10-9-21-15-42-27(34-21)14-25(36)18(4)24(35)6-2/h7-10,15,17-18,22-26,30-31,33,35-40H,5-6,11-14,16H2,1-4H3. The molecular weight excluding hydrogens is 586 g/mol. The van der Waals surface area contributed by atoms with Crippen LogP contribution in [0.1, 0.15) is 80.0 Å². The number of aromatic hydroxyl groups is 1. The molecule has 12 nitrogen and oxygen atoms in total. The number of hydrogen-bond donors (Lipinski definition) is 6. The molecule has 10 atom stereocenters. The molecule has 0 radical (unpaired) electrons. The van der Waals surface area contributed by atoms with Crippen molar-refractivity contribution in [3.05, 3.63) is 52.7 Å². The maximum absolute atomic E-state index is 13.1. The van der Waals surface area contributed by atoms with Crippen LogP contribution in [0.15, 0.2) is 28.9 Å². The lowest BCUT2D eigenvalue weighted by Gasteiger charge is -2.37. The smallest absolute Gasteiger partial charge is 0.342 e. The number of ether oxygens (including phenoxy) is 3. The number of carbonyl (C=O) groups excluding carboxylic acids is 1. The zero-order valence-corrected chi connectivity index (χ0v) is 26.3. The first-order chi connectivity index (χ1) is 21.4. The number of oxazole rings is 1. The van der Waals surface area contributed by atoms with Gasteiger partial charge in [-0.2, -0.15) is 0 Å². The number of nitrogens with zero attached hydrogens (tertiary/aromatic N) is 1. The SMILES string of the molecule is CCC(C)Cc1ccc2c(c1O)C(=O)OC(CC(C=Cc1coc(CC(O)C(C)C(O)CC)n1)OC1OCC(O)C(O)C1O)C2. The highest BCUT2D eigenvalue weighted by Crippen LogP contribution is 2.34. The summed E-state index contributed by atoms with van der Waals surface area (Å²) in [6.45, 7) is 7.49. The van der Waals surface area contributed by atoms with Crippen molar-refractivity contribution >= 4 is 12.0 Å². The number of rotatable bonds is 14. The average molecular weight is 634 g/mol. The molecule has 0 amide bonds. The number of phenols is 1. The van der Waals surface area contributed by atoms with E-state index in [0.717, 1.165) is 6.42 Å². The number of benzene rings is 1.